The molecule has 30 heavy (non-hydrogen) atoms. The maximum Gasteiger partial charge on any atom is 0.335 e. The molecule has 0 aliphatic heterocycles. The SMILES string of the molecule is CCCCN(CCCC)c1cc(C(=O)O)cc(S(C)(=O)=O)c1Oc1cccnc1C. The maximum atomic E-state index is 12.6. The van der Waals surface area contributed by atoms with Crippen molar-refractivity contribution in [3.05, 3.63) is 41.7 Å². The molecule has 7 nitrogen and oxygen atoms in total. The zero-order valence-electron chi connectivity index (χ0n) is 18.0. The number of hydrogen-bond acceptors (Lipinski definition) is 6. The number of anilines is 1. The fourth-order valence-electron chi connectivity index (χ4n) is 3.06. The quantitative estimate of drug-likeness (QED) is 0.548. The highest BCUT2D eigenvalue weighted by Crippen LogP contribution is 2.40. The lowest BCUT2D eigenvalue weighted by atomic mass is 10.1. The largest absolute Gasteiger partial charge is 0.478 e. The zero-order valence-corrected chi connectivity index (χ0v) is 18.8. The van der Waals surface area contributed by atoms with Gasteiger partial charge in [0.15, 0.2) is 15.6 Å². The number of benzene rings is 1. The summed E-state index contributed by atoms with van der Waals surface area (Å²) in [5.41, 5.74) is 0.998. The van der Waals surface area contributed by atoms with Gasteiger partial charge in [0.2, 0.25) is 0 Å². The van der Waals surface area contributed by atoms with Crippen LogP contribution in [0.25, 0.3) is 0 Å². The van der Waals surface area contributed by atoms with Crippen LogP contribution >= 0.6 is 0 Å². The van der Waals surface area contributed by atoms with E-state index in [4.69, 9.17) is 4.74 Å². The summed E-state index contributed by atoms with van der Waals surface area (Å²) in [6, 6.07) is 6.09. The summed E-state index contributed by atoms with van der Waals surface area (Å²) in [7, 11) is -3.75. The van der Waals surface area contributed by atoms with Crippen molar-refractivity contribution in [3.63, 3.8) is 0 Å². The molecule has 0 aliphatic rings. The number of unbranched alkanes of at least 4 members (excludes halogenated alkanes) is 2. The summed E-state index contributed by atoms with van der Waals surface area (Å²) >= 11 is 0. The van der Waals surface area contributed by atoms with E-state index < -0.39 is 15.8 Å². The van der Waals surface area contributed by atoms with Crippen LogP contribution < -0.4 is 9.64 Å². The lowest BCUT2D eigenvalue weighted by Gasteiger charge is -2.28. The molecule has 0 amide bonds. The average Bonchev–Trinajstić information content (AvgIpc) is 2.69. The Morgan fingerprint density at radius 2 is 1.80 bits per heavy atom. The van der Waals surface area contributed by atoms with Crippen LogP contribution in [0.1, 0.15) is 55.6 Å². The lowest BCUT2D eigenvalue weighted by Crippen LogP contribution is -2.27. The first-order valence-electron chi connectivity index (χ1n) is 10.1. The Morgan fingerprint density at radius 1 is 1.17 bits per heavy atom. The topological polar surface area (TPSA) is 96.8 Å². The molecule has 0 saturated heterocycles. The number of aryl methyl sites for hydroxylation is 1. The fourth-order valence-corrected chi connectivity index (χ4v) is 3.89. The van der Waals surface area contributed by atoms with Gasteiger partial charge in [-0.25, -0.2) is 13.2 Å². The Hall–Kier alpha value is -2.61. The Morgan fingerprint density at radius 3 is 2.30 bits per heavy atom. The molecule has 0 aliphatic carbocycles. The number of aromatic nitrogens is 1. The van der Waals surface area contributed by atoms with Crippen molar-refractivity contribution < 1.29 is 23.1 Å². The van der Waals surface area contributed by atoms with Gasteiger partial charge in [0.1, 0.15) is 10.6 Å². The first kappa shape index (κ1) is 23.7. The Kier molecular flexibility index (Phi) is 8.23. The number of carbonyl (C=O) groups is 1. The van der Waals surface area contributed by atoms with Gasteiger partial charge in [-0.2, -0.15) is 0 Å². The minimum Gasteiger partial charge on any atom is -0.478 e. The predicted molar refractivity (Wildman–Crippen MR) is 118 cm³/mol. The van der Waals surface area contributed by atoms with Crippen molar-refractivity contribution in [2.24, 2.45) is 0 Å². The number of ether oxygens (including phenoxy) is 1. The molecule has 0 radical (unpaired) electrons. The summed E-state index contributed by atoms with van der Waals surface area (Å²) in [5.74, 6) is -0.611. The van der Waals surface area contributed by atoms with Crippen molar-refractivity contribution in [3.8, 4) is 11.5 Å². The molecule has 0 fully saturated rings. The monoisotopic (exact) mass is 434 g/mol. The number of carboxylic acids is 1. The fraction of sp³-hybridized carbons (Fsp3) is 0.455. The summed E-state index contributed by atoms with van der Waals surface area (Å²) in [6.07, 6.45) is 6.38. The van der Waals surface area contributed by atoms with Crippen LogP contribution in [0.4, 0.5) is 5.69 Å². The van der Waals surface area contributed by atoms with Crippen molar-refractivity contribution in [1.82, 2.24) is 4.98 Å². The molecular formula is C22H30N2O5S. The third-order valence-electron chi connectivity index (χ3n) is 4.76. The Labute approximate surface area is 178 Å². The number of carboxylic acid groups (broad SMARTS) is 1. The molecule has 2 rings (SSSR count). The molecule has 164 valence electrons. The lowest BCUT2D eigenvalue weighted by molar-refractivity contribution is 0.0696. The molecule has 1 N–H and O–H groups in total. The molecule has 2 aromatic rings. The standard InChI is InChI=1S/C22H30N2O5S/c1-5-7-12-24(13-8-6-2)18-14-17(22(25)26)15-20(30(4,27)28)21(18)29-19-10-9-11-23-16(19)3/h9-11,14-15H,5-8,12-13H2,1-4H3,(H,25,26). The van der Waals surface area contributed by atoms with Gasteiger partial charge < -0.3 is 14.7 Å². The third kappa shape index (κ3) is 5.95. The van der Waals surface area contributed by atoms with Crippen molar-refractivity contribution in [2.45, 2.75) is 51.3 Å². The summed E-state index contributed by atoms with van der Waals surface area (Å²) in [6.45, 7) is 7.26. The van der Waals surface area contributed by atoms with E-state index in [0.717, 1.165) is 31.9 Å². The predicted octanol–water partition coefficient (Wildman–Crippen LogP) is 4.69. The third-order valence-corrected chi connectivity index (χ3v) is 5.86. The van der Waals surface area contributed by atoms with E-state index in [1.165, 1.54) is 12.1 Å². The van der Waals surface area contributed by atoms with Gasteiger partial charge >= 0.3 is 5.97 Å². The Bertz CT molecular complexity index is 981. The zero-order chi connectivity index (χ0) is 22.3. The molecule has 0 saturated carbocycles. The molecule has 0 spiro atoms. The van der Waals surface area contributed by atoms with Crippen LogP contribution in [0, 0.1) is 6.92 Å². The van der Waals surface area contributed by atoms with Gasteiger partial charge in [0.05, 0.1) is 16.9 Å². The van der Waals surface area contributed by atoms with E-state index >= 15 is 0 Å². The van der Waals surface area contributed by atoms with Crippen LogP contribution in [0.5, 0.6) is 11.5 Å². The van der Waals surface area contributed by atoms with Crippen LogP contribution in [-0.4, -0.2) is 43.8 Å². The minimum absolute atomic E-state index is 0.0846. The molecule has 8 heteroatoms. The smallest absolute Gasteiger partial charge is 0.335 e. The van der Waals surface area contributed by atoms with Crippen LogP contribution in [0.2, 0.25) is 0 Å². The minimum atomic E-state index is -3.75. The van der Waals surface area contributed by atoms with Crippen LogP contribution in [0.15, 0.2) is 35.4 Å². The van der Waals surface area contributed by atoms with E-state index in [1.54, 1.807) is 25.3 Å². The average molecular weight is 435 g/mol. The number of hydrogen-bond donors (Lipinski definition) is 1. The molecule has 0 bridgehead atoms. The van der Waals surface area contributed by atoms with E-state index in [1.807, 2.05) is 4.90 Å². The van der Waals surface area contributed by atoms with E-state index in [9.17, 15) is 18.3 Å². The molecule has 0 atom stereocenters. The van der Waals surface area contributed by atoms with Crippen LogP contribution in [0.3, 0.4) is 0 Å². The number of nitrogens with zero attached hydrogens (tertiary/aromatic N) is 2. The molecule has 1 aromatic heterocycles. The second-order valence-electron chi connectivity index (χ2n) is 7.28. The first-order valence-corrected chi connectivity index (χ1v) is 12.0. The normalized spacial score (nSPS) is 11.3. The summed E-state index contributed by atoms with van der Waals surface area (Å²) in [4.78, 5) is 17.8. The van der Waals surface area contributed by atoms with Crippen molar-refractivity contribution in [1.29, 1.82) is 0 Å². The Balaban J connectivity index is 2.75. The van der Waals surface area contributed by atoms with Crippen molar-refractivity contribution >= 4 is 21.5 Å². The van der Waals surface area contributed by atoms with Gasteiger partial charge in [0, 0.05) is 25.5 Å². The summed E-state index contributed by atoms with van der Waals surface area (Å²) in [5, 5.41) is 9.59. The van der Waals surface area contributed by atoms with Gasteiger partial charge in [-0.1, -0.05) is 26.7 Å². The number of sulfone groups is 1. The van der Waals surface area contributed by atoms with Crippen molar-refractivity contribution in [2.75, 3.05) is 24.2 Å². The molecule has 1 heterocycles. The molecular weight excluding hydrogens is 404 g/mol. The van der Waals surface area contributed by atoms with Gasteiger partial charge in [0.25, 0.3) is 0 Å². The number of rotatable bonds is 11. The molecule has 1 aromatic carbocycles. The number of pyridine rings is 1. The van der Waals surface area contributed by atoms with Gasteiger partial charge in [-0.05, 0) is 44.0 Å². The van der Waals surface area contributed by atoms with Gasteiger partial charge in [-0.15, -0.1) is 0 Å². The second kappa shape index (κ2) is 10.4. The highest BCUT2D eigenvalue weighted by Gasteiger charge is 2.26. The van der Waals surface area contributed by atoms with E-state index in [0.29, 0.717) is 30.2 Å². The van der Waals surface area contributed by atoms with E-state index in [2.05, 4.69) is 18.8 Å². The first-order chi connectivity index (χ1) is 14.2. The highest BCUT2D eigenvalue weighted by molar-refractivity contribution is 7.90. The summed E-state index contributed by atoms with van der Waals surface area (Å²) < 4.78 is 31.3. The molecule has 0 unspecified atom stereocenters. The van der Waals surface area contributed by atoms with Gasteiger partial charge in [-0.3, -0.25) is 4.98 Å². The number of aromatic carboxylic acids is 1. The maximum absolute atomic E-state index is 12.6. The van der Waals surface area contributed by atoms with Crippen LogP contribution in [-0.2, 0) is 9.84 Å². The highest BCUT2D eigenvalue weighted by atomic mass is 32.2. The second-order valence-corrected chi connectivity index (χ2v) is 9.27. The van der Waals surface area contributed by atoms with E-state index in [-0.39, 0.29) is 16.2 Å².